The number of hydrogen-bond acceptors (Lipinski definition) is 2. The molecule has 0 spiro atoms. The molecular weight excluding hydrogens is 292 g/mol. The third kappa shape index (κ3) is 1.88. The molecule has 0 aromatic heterocycles. The van der Waals surface area contributed by atoms with Crippen molar-refractivity contribution in [1.29, 1.82) is 0 Å². The molecule has 0 saturated heterocycles. The van der Waals surface area contributed by atoms with Crippen molar-refractivity contribution in [2.24, 2.45) is 10.5 Å². The van der Waals surface area contributed by atoms with E-state index < -0.39 is 4.32 Å². The standard InChI is InChI=1S/C14H17BrN2O/c1-13(2,3)11-14(15,12(18)17(4)16-11)10-8-6-5-7-9-10/h5-9H,1-4H3. The Balaban J connectivity index is 2.60. The van der Waals surface area contributed by atoms with Crippen LogP contribution in [0.25, 0.3) is 0 Å². The smallest absolute Gasteiger partial charge is 0.269 e. The molecule has 1 atom stereocenters. The van der Waals surface area contributed by atoms with Gasteiger partial charge in [-0.2, -0.15) is 5.10 Å². The van der Waals surface area contributed by atoms with E-state index in [1.54, 1.807) is 7.05 Å². The zero-order valence-corrected chi connectivity index (χ0v) is 12.7. The average Bonchev–Trinajstić information content (AvgIpc) is 2.56. The van der Waals surface area contributed by atoms with Crippen LogP contribution in [0.15, 0.2) is 35.4 Å². The third-order valence-electron chi connectivity index (χ3n) is 3.05. The first-order valence-corrected chi connectivity index (χ1v) is 6.69. The first kappa shape index (κ1) is 13.3. The molecule has 1 amide bonds. The van der Waals surface area contributed by atoms with Crippen molar-refractivity contribution in [3.8, 4) is 0 Å². The number of carbonyl (C=O) groups excluding carboxylic acids is 1. The summed E-state index contributed by atoms with van der Waals surface area (Å²) in [5, 5.41) is 5.84. The van der Waals surface area contributed by atoms with Crippen LogP contribution in [-0.4, -0.2) is 23.7 Å². The van der Waals surface area contributed by atoms with Gasteiger partial charge in [0.05, 0.1) is 5.71 Å². The van der Waals surface area contributed by atoms with Crippen molar-refractivity contribution in [3.63, 3.8) is 0 Å². The van der Waals surface area contributed by atoms with E-state index in [1.807, 2.05) is 30.3 Å². The summed E-state index contributed by atoms with van der Waals surface area (Å²) in [6.07, 6.45) is 0. The molecule has 1 aromatic rings. The predicted molar refractivity (Wildman–Crippen MR) is 76.7 cm³/mol. The Morgan fingerprint density at radius 1 is 1.22 bits per heavy atom. The molecule has 1 aliphatic heterocycles. The number of benzene rings is 1. The Bertz CT molecular complexity index is 504. The molecule has 96 valence electrons. The number of rotatable bonds is 1. The van der Waals surface area contributed by atoms with E-state index in [0.29, 0.717) is 0 Å². The van der Waals surface area contributed by atoms with E-state index in [9.17, 15) is 4.79 Å². The summed E-state index contributed by atoms with van der Waals surface area (Å²) in [4.78, 5) is 12.4. The number of hydrazone groups is 1. The van der Waals surface area contributed by atoms with Crippen molar-refractivity contribution >= 4 is 27.5 Å². The molecule has 0 aliphatic carbocycles. The number of carbonyl (C=O) groups is 1. The fourth-order valence-electron chi connectivity index (χ4n) is 2.18. The zero-order chi connectivity index (χ0) is 13.6. The van der Waals surface area contributed by atoms with E-state index in [1.165, 1.54) is 5.01 Å². The van der Waals surface area contributed by atoms with Crippen LogP contribution in [0.5, 0.6) is 0 Å². The maximum Gasteiger partial charge on any atom is 0.269 e. The minimum absolute atomic E-state index is 0.0429. The van der Waals surface area contributed by atoms with Crippen molar-refractivity contribution in [3.05, 3.63) is 35.9 Å². The van der Waals surface area contributed by atoms with Crippen LogP contribution >= 0.6 is 15.9 Å². The van der Waals surface area contributed by atoms with Crippen molar-refractivity contribution in [1.82, 2.24) is 5.01 Å². The van der Waals surface area contributed by atoms with Gasteiger partial charge in [0.2, 0.25) is 0 Å². The number of halogens is 1. The van der Waals surface area contributed by atoms with E-state index >= 15 is 0 Å². The van der Waals surface area contributed by atoms with Crippen LogP contribution in [0.1, 0.15) is 26.3 Å². The first-order chi connectivity index (χ1) is 8.28. The second kappa shape index (κ2) is 4.19. The number of hydrogen-bond donors (Lipinski definition) is 0. The number of amides is 1. The summed E-state index contributed by atoms with van der Waals surface area (Å²) in [6, 6.07) is 9.71. The van der Waals surface area contributed by atoms with E-state index in [0.717, 1.165) is 11.3 Å². The molecule has 1 heterocycles. The highest BCUT2D eigenvalue weighted by atomic mass is 79.9. The van der Waals surface area contributed by atoms with Crippen molar-refractivity contribution < 1.29 is 4.79 Å². The van der Waals surface area contributed by atoms with Crippen LogP contribution in [0.2, 0.25) is 0 Å². The lowest BCUT2D eigenvalue weighted by atomic mass is 9.79. The summed E-state index contributed by atoms with van der Waals surface area (Å²) >= 11 is 3.64. The van der Waals surface area contributed by atoms with Gasteiger partial charge in [0, 0.05) is 12.5 Å². The normalized spacial score (nSPS) is 24.4. The van der Waals surface area contributed by atoms with Crippen LogP contribution in [0.4, 0.5) is 0 Å². The topological polar surface area (TPSA) is 32.7 Å². The highest BCUT2D eigenvalue weighted by molar-refractivity contribution is 9.10. The van der Waals surface area contributed by atoms with Gasteiger partial charge in [0.15, 0.2) is 4.32 Å². The van der Waals surface area contributed by atoms with Crippen LogP contribution in [0, 0.1) is 5.41 Å². The molecule has 0 bridgehead atoms. The van der Waals surface area contributed by atoms with Gasteiger partial charge < -0.3 is 0 Å². The van der Waals surface area contributed by atoms with Gasteiger partial charge in [-0.15, -0.1) is 0 Å². The van der Waals surface area contributed by atoms with E-state index in [4.69, 9.17) is 0 Å². The van der Waals surface area contributed by atoms with Crippen LogP contribution in [-0.2, 0) is 9.12 Å². The SMILES string of the molecule is CN1N=C(C(C)(C)C)C(Br)(c2ccccc2)C1=O. The largest absolute Gasteiger partial charge is 0.270 e. The molecular formula is C14H17BrN2O. The number of nitrogens with zero attached hydrogens (tertiary/aromatic N) is 2. The van der Waals surface area contributed by atoms with Gasteiger partial charge in [-0.05, 0) is 5.56 Å². The molecule has 0 saturated carbocycles. The van der Waals surface area contributed by atoms with Crippen LogP contribution < -0.4 is 0 Å². The first-order valence-electron chi connectivity index (χ1n) is 5.90. The Morgan fingerprint density at radius 3 is 2.28 bits per heavy atom. The lowest BCUT2D eigenvalue weighted by Gasteiger charge is -2.29. The second-order valence-electron chi connectivity index (χ2n) is 5.55. The minimum Gasteiger partial charge on any atom is -0.270 e. The third-order valence-corrected chi connectivity index (χ3v) is 4.22. The summed E-state index contributed by atoms with van der Waals surface area (Å²) < 4.78 is -0.832. The molecule has 2 rings (SSSR count). The average molecular weight is 309 g/mol. The van der Waals surface area contributed by atoms with Crippen molar-refractivity contribution in [2.75, 3.05) is 7.05 Å². The Kier molecular flexibility index (Phi) is 3.09. The lowest BCUT2D eigenvalue weighted by molar-refractivity contribution is -0.129. The van der Waals surface area contributed by atoms with Gasteiger partial charge in [0.1, 0.15) is 0 Å². The molecule has 3 nitrogen and oxygen atoms in total. The molecule has 18 heavy (non-hydrogen) atoms. The second-order valence-corrected chi connectivity index (χ2v) is 6.74. The monoisotopic (exact) mass is 308 g/mol. The quantitative estimate of drug-likeness (QED) is 0.734. The van der Waals surface area contributed by atoms with Gasteiger partial charge in [-0.25, -0.2) is 5.01 Å². The fraction of sp³-hybridized carbons (Fsp3) is 0.429. The predicted octanol–water partition coefficient (Wildman–Crippen LogP) is 3.15. The highest BCUT2D eigenvalue weighted by Gasteiger charge is 2.52. The highest BCUT2D eigenvalue weighted by Crippen LogP contribution is 2.44. The lowest BCUT2D eigenvalue weighted by Crippen LogP contribution is -2.42. The minimum atomic E-state index is -0.832. The molecule has 0 radical (unpaired) electrons. The Labute approximate surface area is 116 Å². The van der Waals surface area contributed by atoms with Gasteiger partial charge in [-0.1, -0.05) is 67.0 Å². The van der Waals surface area contributed by atoms with Gasteiger partial charge in [0.25, 0.3) is 5.91 Å². The van der Waals surface area contributed by atoms with Crippen LogP contribution in [0.3, 0.4) is 0 Å². The summed E-state index contributed by atoms with van der Waals surface area (Å²) in [5.74, 6) is -0.0429. The molecule has 4 heteroatoms. The maximum absolute atomic E-state index is 12.4. The zero-order valence-electron chi connectivity index (χ0n) is 11.1. The Morgan fingerprint density at radius 2 is 1.78 bits per heavy atom. The number of alkyl halides is 1. The molecule has 1 aliphatic rings. The summed E-state index contributed by atoms with van der Waals surface area (Å²) in [5.41, 5.74) is 1.58. The van der Waals surface area contributed by atoms with Crippen molar-refractivity contribution in [2.45, 2.75) is 25.1 Å². The summed E-state index contributed by atoms with van der Waals surface area (Å²) in [6.45, 7) is 6.20. The van der Waals surface area contributed by atoms with E-state index in [2.05, 4.69) is 41.8 Å². The fourth-order valence-corrected chi connectivity index (χ4v) is 3.38. The number of likely N-dealkylation sites (N-methyl/N-ethyl adjacent to an activating group) is 1. The van der Waals surface area contributed by atoms with Gasteiger partial charge in [-0.3, -0.25) is 4.79 Å². The maximum atomic E-state index is 12.4. The summed E-state index contributed by atoms with van der Waals surface area (Å²) in [7, 11) is 1.69. The molecule has 1 aromatic carbocycles. The Hall–Kier alpha value is -1.16. The molecule has 0 fully saturated rings. The van der Waals surface area contributed by atoms with Gasteiger partial charge >= 0.3 is 0 Å². The molecule has 1 unspecified atom stereocenters. The van der Waals surface area contributed by atoms with E-state index in [-0.39, 0.29) is 11.3 Å². The molecule has 0 N–H and O–H groups in total.